The largest absolute Gasteiger partial charge is 0.324 e. The summed E-state index contributed by atoms with van der Waals surface area (Å²) in [6.45, 7) is 0.526. The summed E-state index contributed by atoms with van der Waals surface area (Å²) in [4.78, 5) is 10.9. The molecule has 6 nitrogen and oxygen atoms in total. The highest BCUT2D eigenvalue weighted by atomic mass is 32.1. The van der Waals surface area contributed by atoms with Crippen molar-refractivity contribution in [2.75, 3.05) is 0 Å². The Hall–Kier alpha value is -1.76. The second-order valence-corrected chi connectivity index (χ2v) is 3.74. The molecule has 0 saturated heterocycles. The Morgan fingerprint density at radius 3 is 3.00 bits per heavy atom. The first kappa shape index (κ1) is 8.82. The number of hydrogen-bond acceptors (Lipinski definition) is 5. The first-order valence-corrected chi connectivity index (χ1v) is 4.64. The molecule has 2 rings (SSSR count). The van der Waals surface area contributed by atoms with Crippen LogP contribution >= 0.6 is 11.3 Å². The van der Waals surface area contributed by atoms with Crippen LogP contribution in [0.25, 0.3) is 0 Å². The summed E-state index contributed by atoms with van der Waals surface area (Å²) >= 11 is 1.15. The number of nitrogens with zero attached hydrogens (tertiary/aromatic N) is 4. The number of rotatable bonds is 3. The standard InChI is InChI=1S/C7H6N4O2S/c12-11(13)7-2-1-6(14-7)5-10-4-3-8-9-10/h1-4H,5H2. The topological polar surface area (TPSA) is 73.8 Å². The molecule has 0 aliphatic heterocycles. The minimum absolute atomic E-state index is 0.153. The summed E-state index contributed by atoms with van der Waals surface area (Å²) in [5.74, 6) is 0. The van der Waals surface area contributed by atoms with E-state index in [2.05, 4.69) is 10.3 Å². The predicted octanol–water partition coefficient (Wildman–Crippen LogP) is 1.30. The van der Waals surface area contributed by atoms with Crippen molar-refractivity contribution in [3.8, 4) is 0 Å². The number of hydrogen-bond donors (Lipinski definition) is 0. The Balaban J connectivity index is 2.14. The van der Waals surface area contributed by atoms with Crippen LogP contribution in [0.4, 0.5) is 5.00 Å². The summed E-state index contributed by atoms with van der Waals surface area (Å²) < 4.78 is 1.62. The third-order valence-electron chi connectivity index (χ3n) is 1.62. The van der Waals surface area contributed by atoms with Gasteiger partial charge in [0.05, 0.1) is 17.7 Å². The Bertz CT molecular complexity index is 436. The van der Waals surface area contributed by atoms with E-state index < -0.39 is 4.92 Å². The molecule has 0 amide bonds. The van der Waals surface area contributed by atoms with Crippen LogP contribution in [0, 0.1) is 10.1 Å². The van der Waals surface area contributed by atoms with Gasteiger partial charge in [0.1, 0.15) is 0 Å². The molecule has 0 aromatic carbocycles. The van der Waals surface area contributed by atoms with E-state index in [0.29, 0.717) is 6.54 Å². The van der Waals surface area contributed by atoms with E-state index in [1.165, 1.54) is 6.07 Å². The van der Waals surface area contributed by atoms with Crippen LogP contribution in [0.3, 0.4) is 0 Å². The fraction of sp³-hybridized carbons (Fsp3) is 0.143. The van der Waals surface area contributed by atoms with Gasteiger partial charge in [0.25, 0.3) is 0 Å². The lowest BCUT2D eigenvalue weighted by molar-refractivity contribution is -0.380. The average Bonchev–Trinajstić information content (AvgIpc) is 2.75. The zero-order chi connectivity index (χ0) is 9.97. The molecule has 2 aromatic heterocycles. The monoisotopic (exact) mass is 210 g/mol. The van der Waals surface area contributed by atoms with Crippen molar-refractivity contribution in [1.82, 2.24) is 15.0 Å². The summed E-state index contributed by atoms with van der Waals surface area (Å²) in [5, 5.41) is 18.0. The minimum Gasteiger partial charge on any atom is -0.258 e. The van der Waals surface area contributed by atoms with Gasteiger partial charge in [-0.3, -0.25) is 10.1 Å². The van der Waals surface area contributed by atoms with E-state index in [9.17, 15) is 10.1 Å². The van der Waals surface area contributed by atoms with E-state index in [4.69, 9.17) is 0 Å². The van der Waals surface area contributed by atoms with Gasteiger partial charge in [-0.2, -0.15) is 0 Å². The smallest absolute Gasteiger partial charge is 0.258 e. The second-order valence-electron chi connectivity index (χ2n) is 2.60. The molecule has 0 atom stereocenters. The van der Waals surface area contributed by atoms with Gasteiger partial charge < -0.3 is 0 Å². The highest BCUT2D eigenvalue weighted by Gasteiger charge is 2.09. The normalized spacial score (nSPS) is 10.3. The van der Waals surface area contributed by atoms with Crippen molar-refractivity contribution in [3.05, 3.63) is 39.5 Å². The van der Waals surface area contributed by atoms with E-state index in [-0.39, 0.29) is 5.00 Å². The second kappa shape index (κ2) is 3.54. The maximum absolute atomic E-state index is 10.4. The molecular weight excluding hydrogens is 204 g/mol. The predicted molar refractivity (Wildman–Crippen MR) is 50.1 cm³/mol. The van der Waals surface area contributed by atoms with Crippen molar-refractivity contribution in [1.29, 1.82) is 0 Å². The molecule has 72 valence electrons. The maximum Gasteiger partial charge on any atom is 0.324 e. The molecule has 0 aliphatic carbocycles. The fourth-order valence-electron chi connectivity index (χ4n) is 1.03. The van der Waals surface area contributed by atoms with Gasteiger partial charge in [0, 0.05) is 17.1 Å². The highest BCUT2D eigenvalue weighted by Crippen LogP contribution is 2.24. The molecule has 7 heteroatoms. The van der Waals surface area contributed by atoms with Crippen LogP contribution in [-0.4, -0.2) is 19.9 Å². The molecule has 14 heavy (non-hydrogen) atoms. The first-order chi connectivity index (χ1) is 6.75. The van der Waals surface area contributed by atoms with Crippen molar-refractivity contribution in [2.45, 2.75) is 6.54 Å². The molecule has 0 saturated carbocycles. The number of thiophene rings is 1. The Kier molecular flexibility index (Phi) is 2.23. The summed E-state index contributed by atoms with van der Waals surface area (Å²) in [7, 11) is 0. The third kappa shape index (κ3) is 1.77. The van der Waals surface area contributed by atoms with Gasteiger partial charge in [-0.05, 0) is 6.07 Å². The molecule has 0 radical (unpaired) electrons. The maximum atomic E-state index is 10.4. The zero-order valence-electron chi connectivity index (χ0n) is 7.03. The summed E-state index contributed by atoms with van der Waals surface area (Å²) in [5.41, 5.74) is 0. The molecule has 0 N–H and O–H groups in total. The van der Waals surface area contributed by atoms with Crippen molar-refractivity contribution in [3.63, 3.8) is 0 Å². The SMILES string of the molecule is O=[N+]([O-])c1ccc(Cn2ccnn2)s1. The van der Waals surface area contributed by atoms with Crippen LogP contribution in [0.2, 0.25) is 0 Å². The first-order valence-electron chi connectivity index (χ1n) is 3.83. The lowest BCUT2D eigenvalue weighted by Gasteiger charge is -1.93. The summed E-state index contributed by atoms with van der Waals surface area (Å²) in [6, 6.07) is 3.22. The number of nitro groups is 1. The Labute approximate surface area is 82.9 Å². The van der Waals surface area contributed by atoms with Crippen molar-refractivity contribution >= 4 is 16.3 Å². The molecule has 2 aromatic rings. The van der Waals surface area contributed by atoms with Gasteiger partial charge >= 0.3 is 5.00 Å². The summed E-state index contributed by atoms with van der Waals surface area (Å²) in [6.07, 6.45) is 3.29. The molecular formula is C7H6N4O2S. The van der Waals surface area contributed by atoms with E-state index >= 15 is 0 Å². The van der Waals surface area contributed by atoms with Crippen molar-refractivity contribution in [2.24, 2.45) is 0 Å². The van der Waals surface area contributed by atoms with Gasteiger partial charge in [-0.1, -0.05) is 16.6 Å². The molecule has 0 unspecified atom stereocenters. The Morgan fingerprint density at radius 1 is 1.57 bits per heavy atom. The van der Waals surface area contributed by atoms with E-state index in [0.717, 1.165) is 16.2 Å². The van der Waals surface area contributed by atoms with Gasteiger partial charge in [0.2, 0.25) is 0 Å². The van der Waals surface area contributed by atoms with Crippen molar-refractivity contribution < 1.29 is 4.92 Å². The van der Waals surface area contributed by atoms with Gasteiger partial charge in [-0.25, -0.2) is 4.68 Å². The van der Waals surface area contributed by atoms with Gasteiger partial charge in [0.15, 0.2) is 0 Å². The molecule has 2 heterocycles. The molecule has 0 aliphatic rings. The highest BCUT2D eigenvalue weighted by molar-refractivity contribution is 7.15. The minimum atomic E-state index is -0.393. The molecule has 0 spiro atoms. The fourth-order valence-corrected chi connectivity index (χ4v) is 1.84. The zero-order valence-corrected chi connectivity index (χ0v) is 7.85. The lowest BCUT2D eigenvalue weighted by Crippen LogP contribution is -1.97. The van der Waals surface area contributed by atoms with Crippen LogP contribution in [0.15, 0.2) is 24.5 Å². The molecule has 0 fully saturated rings. The number of aromatic nitrogens is 3. The van der Waals surface area contributed by atoms with E-state index in [1.54, 1.807) is 23.1 Å². The van der Waals surface area contributed by atoms with Crippen LogP contribution in [-0.2, 0) is 6.54 Å². The molecule has 0 bridgehead atoms. The lowest BCUT2D eigenvalue weighted by atomic mass is 10.4. The van der Waals surface area contributed by atoms with Crippen LogP contribution in [0.1, 0.15) is 4.88 Å². The Morgan fingerprint density at radius 2 is 2.43 bits per heavy atom. The van der Waals surface area contributed by atoms with E-state index in [1.807, 2.05) is 0 Å². The third-order valence-corrected chi connectivity index (χ3v) is 2.64. The quantitative estimate of drug-likeness (QED) is 0.565. The average molecular weight is 210 g/mol. The van der Waals surface area contributed by atoms with Crippen LogP contribution < -0.4 is 0 Å². The van der Waals surface area contributed by atoms with Crippen LogP contribution in [0.5, 0.6) is 0 Å². The van der Waals surface area contributed by atoms with Gasteiger partial charge in [-0.15, -0.1) is 5.10 Å².